The van der Waals surface area contributed by atoms with Crippen LogP contribution < -0.4 is 5.19 Å². The molecule has 0 aliphatic rings. The third kappa shape index (κ3) is 5.26. The van der Waals surface area contributed by atoms with Crippen molar-refractivity contribution < 1.29 is 0 Å². The van der Waals surface area contributed by atoms with E-state index in [1.165, 1.54) is 54.8 Å². The van der Waals surface area contributed by atoms with Crippen molar-refractivity contribution in [2.24, 2.45) is 0 Å². The van der Waals surface area contributed by atoms with Gasteiger partial charge in [0.15, 0.2) is 0 Å². The summed E-state index contributed by atoms with van der Waals surface area (Å²) < 4.78 is 0. The highest BCUT2D eigenvalue weighted by molar-refractivity contribution is 6.33. The second-order valence-corrected chi connectivity index (χ2v) is 5.40. The first-order chi connectivity index (χ1) is 8.29. The van der Waals surface area contributed by atoms with Gasteiger partial charge >= 0.3 is 0 Å². The van der Waals surface area contributed by atoms with E-state index in [-0.39, 0.29) is 0 Å². The third-order valence-corrected chi connectivity index (χ3v) is 3.95. The van der Waals surface area contributed by atoms with Gasteiger partial charge in [-0.1, -0.05) is 62.4 Å². The van der Waals surface area contributed by atoms with Crippen LogP contribution in [0.4, 0.5) is 0 Å². The van der Waals surface area contributed by atoms with E-state index >= 15 is 0 Å². The lowest BCUT2D eigenvalue weighted by Gasteiger charge is -2.10. The van der Waals surface area contributed by atoms with Crippen LogP contribution >= 0.6 is 11.6 Å². The van der Waals surface area contributed by atoms with Crippen LogP contribution in [0.3, 0.4) is 0 Å². The van der Waals surface area contributed by atoms with Gasteiger partial charge in [-0.05, 0) is 24.0 Å². The molecule has 17 heavy (non-hydrogen) atoms. The van der Waals surface area contributed by atoms with Gasteiger partial charge in [0.2, 0.25) is 0 Å². The Morgan fingerprint density at radius 2 is 1.76 bits per heavy atom. The molecule has 0 atom stereocenters. The van der Waals surface area contributed by atoms with Gasteiger partial charge < -0.3 is 0 Å². The van der Waals surface area contributed by atoms with E-state index in [1.54, 1.807) is 0 Å². The summed E-state index contributed by atoms with van der Waals surface area (Å²) in [5.74, 6) is 0.615. The van der Waals surface area contributed by atoms with E-state index in [0.717, 1.165) is 6.42 Å². The van der Waals surface area contributed by atoms with Gasteiger partial charge in [-0.25, -0.2) is 0 Å². The van der Waals surface area contributed by atoms with Crippen LogP contribution in [0.1, 0.15) is 56.6 Å². The van der Waals surface area contributed by atoms with Crippen LogP contribution in [-0.2, 0) is 12.3 Å². The molecule has 0 bridgehead atoms. The maximum absolute atomic E-state index is 5.96. The Morgan fingerprint density at radius 3 is 2.47 bits per heavy atom. The van der Waals surface area contributed by atoms with Crippen LogP contribution in [0.15, 0.2) is 18.2 Å². The van der Waals surface area contributed by atoms with Gasteiger partial charge in [0.1, 0.15) is 0 Å². The second kappa shape index (κ2) is 8.76. The molecule has 0 amide bonds. The summed E-state index contributed by atoms with van der Waals surface area (Å²) in [5.41, 5.74) is 2.67. The second-order valence-electron chi connectivity index (χ2n) is 4.59. The lowest BCUT2D eigenvalue weighted by atomic mass is 10.0. The summed E-state index contributed by atoms with van der Waals surface area (Å²) in [6.45, 7) is 2.26. The molecule has 0 fully saturated rings. The molecule has 0 saturated heterocycles. The van der Waals surface area contributed by atoms with Crippen LogP contribution in [0, 0.1) is 0 Å². The molecule has 0 unspecified atom stereocenters. The van der Waals surface area contributed by atoms with Crippen molar-refractivity contribution in [3.63, 3.8) is 0 Å². The fraction of sp³-hybridized carbons (Fsp3) is 0.600. The van der Waals surface area contributed by atoms with E-state index in [4.69, 9.17) is 11.6 Å². The van der Waals surface area contributed by atoms with Gasteiger partial charge in [-0.15, -0.1) is 11.6 Å². The van der Waals surface area contributed by atoms with Gasteiger partial charge in [0.05, 0.1) is 10.2 Å². The first-order valence-electron chi connectivity index (χ1n) is 6.68. The maximum atomic E-state index is 5.96. The van der Waals surface area contributed by atoms with Crippen molar-refractivity contribution in [3.8, 4) is 0 Å². The van der Waals surface area contributed by atoms with Gasteiger partial charge in [0, 0.05) is 5.88 Å². The molecule has 1 aromatic carbocycles. The number of halogens is 1. The van der Waals surface area contributed by atoms with Crippen molar-refractivity contribution in [2.45, 2.75) is 57.7 Å². The first kappa shape index (κ1) is 14.8. The predicted octanol–water partition coefficient (Wildman–Crippen LogP) is 4.12. The summed E-state index contributed by atoms with van der Waals surface area (Å²) in [4.78, 5) is 0. The Labute approximate surface area is 114 Å². The van der Waals surface area contributed by atoms with E-state index in [1.807, 2.05) is 0 Å². The zero-order valence-electron chi connectivity index (χ0n) is 10.8. The number of hydrogen-bond donors (Lipinski definition) is 0. The smallest absolute Gasteiger partial charge is 0.0715 e. The van der Waals surface area contributed by atoms with Crippen molar-refractivity contribution in [3.05, 3.63) is 29.3 Å². The molecule has 2 heteroatoms. The highest BCUT2D eigenvalue weighted by atomic mass is 35.5. The molecular formula is C15H22ClSi. The summed E-state index contributed by atoms with van der Waals surface area (Å²) in [5, 5.41) is 1.21. The molecule has 0 aliphatic carbocycles. The molecule has 0 N–H and O–H groups in total. The largest absolute Gasteiger partial charge is 0.122 e. The Bertz CT molecular complexity index is 323. The molecule has 0 saturated carbocycles. The van der Waals surface area contributed by atoms with Crippen molar-refractivity contribution >= 4 is 27.0 Å². The molecule has 93 valence electrons. The first-order valence-corrected chi connectivity index (χ1v) is 7.71. The van der Waals surface area contributed by atoms with Crippen LogP contribution in [0.5, 0.6) is 0 Å². The lowest BCUT2D eigenvalue weighted by molar-refractivity contribution is 0.607. The Morgan fingerprint density at radius 1 is 1.06 bits per heavy atom. The number of hydrogen-bond acceptors (Lipinski definition) is 0. The number of rotatable bonds is 8. The molecule has 0 aromatic heterocycles. The van der Waals surface area contributed by atoms with Gasteiger partial charge in [0.25, 0.3) is 0 Å². The Balaban J connectivity index is 2.35. The number of alkyl halides is 1. The van der Waals surface area contributed by atoms with E-state index in [2.05, 4.69) is 35.4 Å². The van der Waals surface area contributed by atoms with E-state index < -0.39 is 0 Å². The lowest BCUT2D eigenvalue weighted by Crippen LogP contribution is -2.12. The minimum atomic E-state index is 0.615. The summed E-state index contributed by atoms with van der Waals surface area (Å²) in [6.07, 6.45) is 9.20. The predicted molar refractivity (Wildman–Crippen MR) is 78.5 cm³/mol. The highest BCUT2D eigenvalue weighted by Gasteiger charge is 2.04. The fourth-order valence-corrected chi connectivity index (χ4v) is 2.77. The Kier molecular flexibility index (Phi) is 7.62. The van der Waals surface area contributed by atoms with Crippen LogP contribution in [0.25, 0.3) is 0 Å². The summed E-state index contributed by atoms with van der Waals surface area (Å²) >= 11 is 5.96. The Hall–Kier alpha value is -0.273. The third-order valence-electron chi connectivity index (χ3n) is 3.20. The minimum absolute atomic E-state index is 0.615. The molecule has 0 aliphatic heterocycles. The summed E-state index contributed by atoms with van der Waals surface area (Å²) in [6, 6.07) is 6.30. The van der Waals surface area contributed by atoms with Gasteiger partial charge in [-0.2, -0.15) is 0 Å². The molecule has 0 heterocycles. The zero-order valence-corrected chi connectivity index (χ0v) is 12.5. The monoisotopic (exact) mass is 265 g/mol. The normalized spacial score (nSPS) is 10.8. The standard InChI is InChI=1S/C15H22ClSi/c1-2-3-4-5-6-7-10-14-13(12-16)9-8-11-15(14)17/h8-9,11H,2-7,10,12H2,1H3. The van der Waals surface area contributed by atoms with Gasteiger partial charge in [-0.3, -0.25) is 0 Å². The fourth-order valence-electron chi connectivity index (χ4n) is 2.14. The minimum Gasteiger partial charge on any atom is -0.122 e. The van der Waals surface area contributed by atoms with Crippen molar-refractivity contribution in [2.75, 3.05) is 0 Å². The van der Waals surface area contributed by atoms with E-state index in [0.29, 0.717) is 5.88 Å². The van der Waals surface area contributed by atoms with Crippen molar-refractivity contribution in [1.82, 2.24) is 0 Å². The average molecular weight is 266 g/mol. The topological polar surface area (TPSA) is 0 Å². The van der Waals surface area contributed by atoms with Crippen molar-refractivity contribution in [1.29, 1.82) is 0 Å². The summed E-state index contributed by atoms with van der Waals surface area (Å²) in [7, 11) is 3.68. The molecular weight excluding hydrogens is 244 g/mol. The maximum Gasteiger partial charge on any atom is 0.0715 e. The van der Waals surface area contributed by atoms with Crippen LogP contribution in [-0.4, -0.2) is 10.2 Å². The molecule has 0 spiro atoms. The molecule has 0 nitrogen and oxygen atoms in total. The number of unbranched alkanes of at least 4 members (excludes halogenated alkanes) is 5. The molecule has 1 aromatic rings. The SMILES string of the molecule is CCCCCCCCc1c([Si])cccc1CCl. The molecule has 3 radical (unpaired) electrons. The number of benzene rings is 1. The highest BCUT2D eigenvalue weighted by Crippen LogP contribution is 2.14. The zero-order chi connectivity index (χ0) is 12.5. The van der Waals surface area contributed by atoms with Crippen LogP contribution in [0.2, 0.25) is 0 Å². The quantitative estimate of drug-likeness (QED) is 0.377. The average Bonchev–Trinajstić information content (AvgIpc) is 2.35. The van der Waals surface area contributed by atoms with E-state index in [9.17, 15) is 0 Å². The molecule has 1 rings (SSSR count).